The van der Waals surface area contributed by atoms with Crippen molar-refractivity contribution in [3.8, 4) is 11.8 Å². The molecule has 7 nitrogen and oxygen atoms in total. The van der Waals surface area contributed by atoms with Crippen molar-refractivity contribution in [3.63, 3.8) is 0 Å². The third-order valence-corrected chi connectivity index (χ3v) is 5.95. The molecule has 1 aliphatic rings. The first-order valence-electron chi connectivity index (χ1n) is 10.8. The van der Waals surface area contributed by atoms with Crippen LogP contribution >= 0.6 is 0 Å². The number of anilines is 1. The van der Waals surface area contributed by atoms with Crippen molar-refractivity contribution in [1.82, 2.24) is 15.0 Å². The lowest BCUT2D eigenvalue weighted by Gasteiger charge is -2.30. The van der Waals surface area contributed by atoms with Gasteiger partial charge in [-0.2, -0.15) is 5.26 Å². The first kappa shape index (κ1) is 20.3. The zero-order valence-corrected chi connectivity index (χ0v) is 18.3. The van der Waals surface area contributed by atoms with E-state index >= 15 is 0 Å². The fraction of sp³-hybridized carbons (Fsp3) is 0.320. The zero-order chi connectivity index (χ0) is 22.1. The fourth-order valence-electron chi connectivity index (χ4n) is 4.25. The topological polar surface area (TPSA) is 87.1 Å². The number of rotatable bonds is 5. The highest BCUT2D eigenvalue weighted by Crippen LogP contribution is 2.31. The van der Waals surface area contributed by atoms with Gasteiger partial charge in [0, 0.05) is 18.5 Å². The third kappa shape index (κ3) is 3.85. The highest BCUT2D eigenvalue weighted by Gasteiger charge is 2.23. The molecule has 4 aromatic rings. The number of aryl methyl sites for hydroxylation is 1. The predicted octanol–water partition coefficient (Wildman–Crippen LogP) is 4.11. The number of nitrogens with one attached hydrogen (secondary N) is 1. The van der Waals surface area contributed by atoms with E-state index in [-0.39, 0.29) is 0 Å². The minimum absolute atomic E-state index is 0.410. The Hall–Kier alpha value is -3.63. The van der Waals surface area contributed by atoms with Crippen molar-refractivity contribution in [1.29, 1.82) is 5.26 Å². The lowest BCUT2D eigenvalue weighted by atomic mass is 9.98. The van der Waals surface area contributed by atoms with E-state index in [1.807, 2.05) is 37.3 Å². The van der Waals surface area contributed by atoms with Gasteiger partial charge in [0.2, 0.25) is 0 Å². The summed E-state index contributed by atoms with van der Waals surface area (Å²) >= 11 is 0. The molecule has 7 heteroatoms. The number of fused-ring (bicyclic) bond motifs is 2. The molecule has 1 unspecified atom stereocenters. The number of H-pyrrole nitrogens is 1. The van der Waals surface area contributed by atoms with Crippen molar-refractivity contribution in [2.75, 3.05) is 38.3 Å². The molecule has 2 aromatic carbocycles. The molecular weight excluding hydrogens is 402 g/mol. The summed E-state index contributed by atoms with van der Waals surface area (Å²) in [5, 5.41) is 11.0. The maximum Gasteiger partial charge on any atom is 0.132 e. The van der Waals surface area contributed by atoms with Crippen LogP contribution in [0.15, 0.2) is 42.5 Å². The van der Waals surface area contributed by atoms with Gasteiger partial charge in [-0.15, -0.1) is 0 Å². The first-order valence-corrected chi connectivity index (χ1v) is 10.8. The number of nitrogens with zero attached hydrogens (tertiary/aromatic N) is 4. The van der Waals surface area contributed by atoms with E-state index in [4.69, 9.17) is 19.4 Å². The predicted molar refractivity (Wildman–Crippen MR) is 124 cm³/mol. The highest BCUT2D eigenvalue weighted by atomic mass is 16.5. The fourth-order valence-corrected chi connectivity index (χ4v) is 4.25. The van der Waals surface area contributed by atoms with Crippen LogP contribution in [0.5, 0.6) is 5.75 Å². The summed E-state index contributed by atoms with van der Waals surface area (Å²) in [6.45, 7) is 4.95. The molecule has 0 spiro atoms. The standard InChI is InChI=1S/C25H25N5O2/c1-16-3-5-22-23(11-16)28-24(27-22)19(15-26)13-18-12-17-14-20(31-2)4-6-21(17)29-25(18)30-7-9-32-10-8-30/h3-6,11-12,14,19H,7-10,13H2,1-2H3,(H,27,28). The largest absolute Gasteiger partial charge is 0.497 e. The molecule has 3 heterocycles. The molecule has 162 valence electrons. The quantitative estimate of drug-likeness (QED) is 0.516. The summed E-state index contributed by atoms with van der Waals surface area (Å²) in [7, 11) is 1.66. The summed E-state index contributed by atoms with van der Waals surface area (Å²) in [5.41, 5.74) is 4.92. The molecule has 1 aliphatic heterocycles. The van der Waals surface area contributed by atoms with Crippen molar-refractivity contribution >= 4 is 27.8 Å². The van der Waals surface area contributed by atoms with Gasteiger partial charge < -0.3 is 19.4 Å². The Morgan fingerprint density at radius 2 is 1.94 bits per heavy atom. The summed E-state index contributed by atoms with van der Waals surface area (Å²) in [4.78, 5) is 15.3. The van der Waals surface area contributed by atoms with Gasteiger partial charge >= 0.3 is 0 Å². The normalized spacial score (nSPS) is 15.1. The van der Waals surface area contributed by atoms with Crippen LogP contribution in [-0.4, -0.2) is 48.4 Å². The number of hydrogen-bond donors (Lipinski definition) is 1. The molecule has 5 rings (SSSR count). The van der Waals surface area contributed by atoms with Gasteiger partial charge in [0.15, 0.2) is 0 Å². The van der Waals surface area contributed by atoms with Crippen molar-refractivity contribution in [3.05, 3.63) is 59.4 Å². The molecule has 1 saturated heterocycles. The van der Waals surface area contributed by atoms with Gasteiger partial charge in [-0.3, -0.25) is 0 Å². The number of methoxy groups -OCH3 is 1. The molecule has 0 aliphatic carbocycles. The second kappa shape index (κ2) is 8.48. The molecule has 32 heavy (non-hydrogen) atoms. The Morgan fingerprint density at radius 1 is 1.12 bits per heavy atom. The Balaban J connectivity index is 1.57. The van der Waals surface area contributed by atoms with Crippen molar-refractivity contribution in [2.45, 2.75) is 19.3 Å². The van der Waals surface area contributed by atoms with Crippen molar-refractivity contribution in [2.24, 2.45) is 0 Å². The van der Waals surface area contributed by atoms with Crippen molar-refractivity contribution < 1.29 is 9.47 Å². The van der Waals surface area contributed by atoms with Crippen LogP contribution < -0.4 is 9.64 Å². The summed E-state index contributed by atoms with van der Waals surface area (Å²) < 4.78 is 10.9. The Kier molecular flexibility index (Phi) is 5.38. The average Bonchev–Trinajstić information content (AvgIpc) is 3.25. The van der Waals surface area contributed by atoms with Gasteiger partial charge in [0.05, 0.1) is 42.9 Å². The van der Waals surface area contributed by atoms with E-state index in [9.17, 15) is 5.26 Å². The van der Waals surface area contributed by atoms with E-state index in [1.165, 1.54) is 0 Å². The van der Waals surface area contributed by atoms with Crippen LogP contribution in [0.4, 0.5) is 5.82 Å². The maximum absolute atomic E-state index is 10.0. The molecule has 0 saturated carbocycles. The van der Waals surface area contributed by atoms with E-state index in [1.54, 1.807) is 7.11 Å². The van der Waals surface area contributed by atoms with E-state index < -0.39 is 5.92 Å². The number of nitriles is 1. The number of benzene rings is 2. The Morgan fingerprint density at radius 3 is 2.72 bits per heavy atom. The molecular formula is C25H25N5O2. The van der Waals surface area contributed by atoms with Gasteiger partial charge in [-0.25, -0.2) is 9.97 Å². The molecule has 1 fully saturated rings. The third-order valence-electron chi connectivity index (χ3n) is 5.95. The maximum atomic E-state index is 10.0. The number of aromatic amines is 1. The number of morpholine rings is 1. The van der Waals surface area contributed by atoms with Crippen LogP contribution in [0.3, 0.4) is 0 Å². The van der Waals surface area contributed by atoms with Crippen LogP contribution in [0, 0.1) is 18.3 Å². The second-order valence-electron chi connectivity index (χ2n) is 8.16. The summed E-state index contributed by atoms with van der Waals surface area (Å²) in [6.07, 6.45) is 0.516. The van der Waals surface area contributed by atoms with Gasteiger partial charge in [0.25, 0.3) is 0 Å². The zero-order valence-electron chi connectivity index (χ0n) is 18.3. The summed E-state index contributed by atoms with van der Waals surface area (Å²) in [6, 6.07) is 16.6. The first-order chi connectivity index (χ1) is 15.6. The number of pyridine rings is 1. The molecule has 1 atom stereocenters. The minimum atomic E-state index is -0.410. The van der Waals surface area contributed by atoms with E-state index in [2.05, 4.69) is 28.1 Å². The lowest BCUT2D eigenvalue weighted by molar-refractivity contribution is 0.122. The van der Waals surface area contributed by atoms with Crippen LogP contribution in [0.1, 0.15) is 22.9 Å². The SMILES string of the molecule is COc1ccc2nc(N3CCOCC3)c(CC(C#N)c3nc4ccc(C)cc4[nH]3)cc2c1. The lowest BCUT2D eigenvalue weighted by Crippen LogP contribution is -2.37. The van der Waals surface area contributed by atoms with Gasteiger partial charge in [0.1, 0.15) is 23.3 Å². The molecule has 0 bridgehead atoms. The van der Waals surface area contributed by atoms with E-state index in [0.717, 1.165) is 57.7 Å². The molecule has 2 aromatic heterocycles. The van der Waals surface area contributed by atoms with Gasteiger partial charge in [-0.05, 0) is 60.9 Å². The number of ether oxygens (including phenoxy) is 2. The number of imidazole rings is 1. The second-order valence-corrected chi connectivity index (χ2v) is 8.16. The highest BCUT2D eigenvalue weighted by molar-refractivity contribution is 5.83. The smallest absolute Gasteiger partial charge is 0.132 e. The Bertz CT molecular complexity index is 1320. The number of hydrogen-bond acceptors (Lipinski definition) is 6. The van der Waals surface area contributed by atoms with Crippen LogP contribution in [-0.2, 0) is 11.2 Å². The molecule has 0 radical (unpaired) electrons. The average molecular weight is 428 g/mol. The molecule has 0 amide bonds. The Labute approximate surface area is 186 Å². The van der Waals surface area contributed by atoms with Crippen LogP contribution in [0.2, 0.25) is 0 Å². The minimum Gasteiger partial charge on any atom is -0.497 e. The van der Waals surface area contributed by atoms with E-state index in [0.29, 0.717) is 25.5 Å². The van der Waals surface area contributed by atoms with Crippen LogP contribution in [0.25, 0.3) is 21.9 Å². The molecule has 1 N–H and O–H groups in total. The van der Waals surface area contributed by atoms with Gasteiger partial charge in [-0.1, -0.05) is 6.07 Å². The number of aromatic nitrogens is 3. The monoisotopic (exact) mass is 427 g/mol. The summed E-state index contributed by atoms with van der Waals surface area (Å²) in [5.74, 6) is 1.98.